The van der Waals surface area contributed by atoms with Gasteiger partial charge in [0.1, 0.15) is 5.69 Å². The highest BCUT2D eigenvalue weighted by Crippen LogP contribution is 2.31. The number of alkyl halides is 3. The summed E-state index contributed by atoms with van der Waals surface area (Å²) in [5.74, 6) is 3.14. The van der Waals surface area contributed by atoms with Gasteiger partial charge in [0.15, 0.2) is 11.6 Å². The van der Waals surface area contributed by atoms with Crippen molar-refractivity contribution in [3.8, 4) is 0 Å². The Morgan fingerprint density at radius 1 is 1.20 bits per heavy atom. The number of nitrogen functional groups attached to an aromatic ring is 2. The Morgan fingerprint density at radius 2 is 1.73 bits per heavy atom. The number of hydrazine groups is 1. The van der Waals surface area contributed by atoms with E-state index in [2.05, 4.69) is 9.97 Å². The Bertz CT molecular complexity index is 374. The van der Waals surface area contributed by atoms with E-state index in [1.54, 1.807) is 0 Å². The molecule has 0 spiro atoms. The molecule has 0 radical (unpaired) electrons. The van der Waals surface area contributed by atoms with Crippen LogP contribution in [0.3, 0.4) is 0 Å². The number of halogens is 3. The molecule has 0 atom stereocenters. The largest absolute Gasteiger partial charge is 0.451 e. The van der Waals surface area contributed by atoms with E-state index in [1.165, 1.54) is 7.05 Å². The molecule has 0 fully saturated rings. The van der Waals surface area contributed by atoms with Crippen LogP contribution in [0.5, 0.6) is 0 Å². The predicted octanol–water partition coefficient (Wildman–Crippen LogP) is -0.0303. The van der Waals surface area contributed by atoms with Gasteiger partial charge in [0.05, 0.1) is 0 Å². The molecule has 0 aliphatic rings. The lowest BCUT2D eigenvalue weighted by molar-refractivity contribution is -0.144. The first kappa shape index (κ1) is 11.3. The van der Waals surface area contributed by atoms with Crippen LogP contribution in [0, 0.1) is 0 Å². The van der Waals surface area contributed by atoms with Crippen LogP contribution in [0.2, 0.25) is 0 Å². The molecule has 1 rings (SSSR count). The van der Waals surface area contributed by atoms with Crippen LogP contribution in [0.1, 0.15) is 5.82 Å². The Balaban J connectivity index is 3.36. The molecule has 0 aliphatic carbocycles. The van der Waals surface area contributed by atoms with Crippen molar-refractivity contribution < 1.29 is 13.2 Å². The van der Waals surface area contributed by atoms with Crippen LogP contribution in [0.25, 0.3) is 0 Å². The van der Waals surface area contributed by atoms with E-state index in [0.717, 1.165) is 5.01 Å². The lowest BCUT2D eigenvalue weighted by atomic mass is 10.4. The minimum Gasteiger partial charge on any atom is -0.393 e. The molecule has 9 heteroatoms. The number of anilines is 3. The first-order valence-electron chi connectivity index (χ1n) is 3.72. The van der Waals surface area contributed by atoms with E-state index < -0.39 is 17.8 Å². The molecule has 0 aliphatic heterocycles. The van der Waals surface area contributed by atoms with Gasteiger partial charge in [-0.2, -0.15) is 13.2 Å². The average Bonchev–Trinajstić information content (AvgIpc) is 2.06. The molecule has 15 heavy (non-hydrogen) atoms. The number of hydrogen-bond donors (Lipinski definition) is 3. The second-order valence-corrected chi connectivity index (χ2v) is 2.78. The number of hydrogen-bond acceptors (Lipinski definition) is 6. The van der Waals surface area contributed by atoms with Gasteiger partial charge in [-0.1, -0.05) is 0 Å². The molecule has 0 amide bonds. The lowest BCUT2D eigenvalue weighted by Crippen LogP contribution is -2.29. The second-order valence-electron chi connectivity index (χ2n) is 2.78. The summed E-state index contributed by atoms with van der Waals surface area (Å²) in [5.41, 5.74) is 10.4. The number of rotatable bonds is 1. The second kappa shape index (κ2) is 3.42. The maximum absolute atomic E-state index is 12.3. The Kier molecular flexibility index (Phi) is 2.58. The standard InChI is InChI=1S/C6H9F3N6/c1-15(12)4-2(10)3(11)13-5(14-4)6(7,8)9/h10,12H2,1H3,(H2,11,13,14). The fourth-order valence-electron chi connectivity index (χ4n) is 0.870. The summed E-state index contributed by atoms with van der Waals surface area (Å²) in [7, 11) is 1.29. The molecule has 0 unspecified atom stereocenters. The van der Waals surface area contributed by atoms with Crippen molar-refractivity contribution in [1.29, 1.82) is 0 Å². The molecule has 0 saturated heterocycles. The van der Waals surface area contributed by atoms with E-state index in [0.29, 0.717) is 0 Å². The molecule has 0 saturated carbocycles. The monoisotopic (exact) mass is 222 g/mol. The quantitative estimate of drug-likeness (QED) is 0.455. The van der Waals surface area contributed by atoms with Crippen molar-refractivity contribution in [3.05, 3.63) is 5.82 Å². The van der Waals surface area contributed by atoms with Crippen molar-refractivity contribution in [2.45, 2.75) is 6.18 Å². The van der Waals surface area contributed by atoms with Crippen LogP contribution in [0.4, 0.5) is 30.5 Å². The van der Waals surface area contributed by atoms with Gasteiger partial charge in [0.2, 0.25) is 5.82 Å². The molecule has 1 aromatic rings. The third-order valence-electron chi connectivity index (χ3n) is 1.54. The van der Waals surface area contributed by atoms with Crippen LogP contribution >= 0.6 is 0 Å². The van der Waals surface area contributed by atoms with Crippen LogP contribution in [0.15, 0.2) is 0 Å². The Labute approximate surface area is 82.8 Å². The molecule has 6 N–H and O–H groups in total. The molecule has 6 nitrogen and oxygen atoms in total. The summed E-state index contributed by atoms with van der Waals surface area (Å²) in [6, 6.07) is 0. The van der Waals surface area contributed by atoms with Crippen LogP contribution in [-0.4, -0.2) is 17.0 Å². The van der Waals surface area contributed by atoms with E-state index in [4.69, 9.17) is 17.3 Å². The van der Waals surface area contributed by atoms with Gasteiger partial charge in [-0.25, -0.2) is 15.8 Å². The van der Waals surface area contributed by atoms with Crippen molar-refractivity contribution in [3.63, 3.8) is 0 Å². The predicted molar refractivity (Wildman–Crippen MR) is 48.4 cm³/mol. The van der Waals surface area contributed by atoms with Crippen molar-refractivity contribution in [1.82, 2.24) is 9.97 Å². The van der Waals surface area contributed by atoms with Crippen molar-refractivity contribution in [2.24, 2.45) is 5.84 Å². The molecule has 1 heterocycles. The zero-order valence-corrected chi connectivity index (χ0v) is 7.71. The highest BCUT2D eigenvalue weighted by Gasteiger charge is 2.36. The van der Waals surface area contributed by atoms with Crippen molar-refractivity contribution >= 4 is 17.3 Å². The minimum atomic E-state index is -4.69. The fraction of sp³-hybridized carbons (Fsp3) is 0.333. The fourth-order valence-corrected chi connectivity index (χ4v) is 0.870. The third kappa shape index (κ3) is 2.18. The topological polar surface area (TPSA) is 107 Å². The van der Waals surface area contributed by atoms with Gasteiger partial charge in [0, 0.05) is 7.05 Å². The zero-order chi connectivity index (χ0) is 11.8. The van der Waals surface area contributed by atoms with Crippen LogP contribution in [-0.2, 0) is 6.18 Å². The molecular weight excluding hydrogens is 213 g/mol. The van der Waals surface area contributed by atoms with Gasteiger partial charge in [0.25, 0.3) is 0 Å². The summed E-state index contributed by atoms with van der Waals surface area (Å²) in [4.78, 5) is 6.19. The normalized spacial score (nSPS) is 11.5. The van der Waals surface area contributed by atoms with E-state index in [-0.39, 0.29) is 11.5 Å². The van der Waals surface area contributed by atoms with E-state index in [1.807, 2.05) is 0 Å². The summed E-state index contributed by atoms with van der Waals surface area (Å²) in [6.45, 7) is 0. The summed E-state index contributed by atoms with van der Waals surface area (Å²) in [5, 5.41) is 0.836. The zero-order valence-electron chi connectivity index (χ0n) is 7.71. The summed E-state index contributed by atoms with van der Waals surface area (Å²) >= 11 is 0. The minimum absolute atomic E-state index is 0.187. The summed E-state index contributed by atoms with van der Waals surface area (Å²) < 4.78 is 36.8. The third-order valence-corrected chi connectivity index (χ3v) is 1.54. The Morgan fingerprint density at radius 3 is 2.13 bits per heavy atom. The highest BCUT2D eigenvalue weighted by atomic mass is 19.4. The van der Waals surface area contributed by atoms with Crippen LogP contribution < -0.4 is 22.3 Å². The smallest absolute Gasteiger partial charge is 0.393 e. The van der Waals surface area contributed by atoms with Crippen molar-refractivity contribution in [2.75, 3.05) is 23.5 Å². The number of nitrogens with two attached hydrogens (primary N) is 3. The van der Waals surface area contributed by atoms with Gasteiger partial charge in [-0.05, 0) is 0 Å². The first-order valence-corrected chi connectivity index (χ1v) is 3.72. The number of aromatic nitrogens is 2. The van der Waals surface area contributed by atoms with Gasteiger partial charge in [-0.3, -0.25) is 5.01 Å². The SMILES string of the molecule is CN(N)c1nc(C(F)(F)F)nc(N)c1N. The highest BCUT2D eigenvalue weighted by molar-refractivity contribution is 5.73. The van der Waals surface area contributed by atoms with E-state index in [9.17, 15) is 13.2 Å². The van der Waals surface area contributed by atoms with Gasteiger partial charge >= 0.3 is 6.18 Å². The maximum atomic E-state index is 12.3. The molecule has 0 bridgehead atoms. The Hall–Kier alpha value is -1.77. The number of nitrogens with zero attached hydrogens (tertiary/aromatic N) is 3. The molecule has 0 aromatic carbocycles. The maximum Gasteiger partial charge on any atom is 0.451 e. The first-order chi connectivity index (χ1) is 6.73. The van der Waals surface area contributed by atoms with E-state index >= 15 is 0 Å². The summed E-state index contributed by atoms with van der Waals surface area (Å²) in [6.07, 6.45) is -4.69. The molecular formula is C6H9F3N6. The lowest BCUT2D eigenvalue weighted by Gasteiger charge is -2.16. The average molecular weight is 222 g/mol. The van der Waals surface area contributed by atoms with Gasteiger partial charge in [-0.15, -0.1) is 0 Å². The molecule has 1 aromatic heterocycles. The van der Waals surface area contributed by atoms with Gasteiger partial charge < -0.3 is 11.5 Å². The molecule has 84 valence electrons.